The van der Waals surface area contributed by atoms with Crippen LogP contribution in [0, 0.1) is 0 Å². The molecule has 1 aromatic heterocycles. The number of hydrogen-bond acceptors (Lipinski definition) is 5. The summed E-state index contributed by atoms with van der Waals surface area (Å²) in [5.74, 6) is -0.423. The molecule has 0 spiro atoms. The Morgan fingerprint density at radius 2 is 1.92 bits per heavy atom. The van der Waals surface area contributed by atoms with Gasteiger partial charge in [-0.1, -0.05) is 37.3 Å². The summed E-state index contributed by atoms with van der Waals surface area (Å²) >= 11 is 1.62. The number of methoxy groups -OCH3 is 1. The minimum Gasteiger partial charge on any atom is -0.453 e. The van der Waals surface area contributed by atoms with Crippen LogP contribution in [-0.2, 0) is 16.0 Å². The third-order valence-corrected chi connectivity index (χ3v) is 4.71. The van der Waals surface area contributed by atoms with Crippen LogP contribution in [0.15, 0.2) is 41.8 Å². The average molecular weight is 346 g/mol. The molecular weight excluding hydrogens is 324 g/mol. The van der Waals surface area contributed by atoms with Crippen molar-refractivity contribution in [2.75, 3.05) is 7.11 Å². The van der Waals surface area contributed by atoms with Gasteiger partial charge in [0.15, 0.2) is 0 Å². The molecule has 6 heteroatoms. The number of alkyl carbamates (subject to hydrolysis) is 1. The van der Waals surface area contributed by atoms with Crippen LogP contribution >= 0.6 is 11.3 Å². The van der Waals surface area contributed by atoms with Crippen molar-refractivity contribution in [3.63, 3.8) is 0 Å². The van der Waals surface area contributed by atoms with Crippen molar-refractivity contribution < 1.29 is 14.3 Å². The Bertz CT molecular complexity index is 668. The number of amides is 2. The lowest BCUT2D eigenvalue weighted by molar-refractivity contribution is -0.122. The predicted molar refractivity (Wildman–Crippen MR) is 95.1 cm³/mol. The van der Waals surface area contributed by atoms with Gasteiger partial charge in [0, 0.05) is 4.88 Å². The van der Waals surface area contributed by atoms with Crippen molar-refractivity contribution in [3.05, 3.63) is 57.8 Å². The molecular formula is C18H22N2O3S. The summed E-state index contributed by atoms with van der Waals surface area (Å²) in [5.41, 5.74) is 2.34. The van der Waals surface area contributed by atoms with Gasteiger partial charge in [-0.05, 0) is 35.9 Å². The van der Waals surface area contributed by atoms with Crippen LogP contribution in [0.5, 0.6) is 0 Å². The van der Waals surface area contributed by atoms with Crippen molar-refractivity contribution in [2.24, 2.45) is 0 Å². The number of carbonyl (C=O) groups is 2. The van der Waals surface area contributed by atoms with E-state index >= 15 is 0 Å². The van der Waals surface area contributed by atoms with E-state index in [0.29, 0.717) is 0 Å². The van der Waals surface area contributed by atoms with Gasteiger partial charge in [0.05, 0.1) is 19.2 Å². The number of imide groups is 1. The van der Waals surface area contributed by atoms with Gasteiger partial charge in [-0.3, -0.25) is 15.4 Å². The molecule has 0 aliphatic carbocycles. The monoisotopic (exact) mass is 346 g/mol. The Hall–Kier alpha value is -2.18. The van der Waals surface area contributed by atoms with Gasteiger partial charge < -0.3 is 4.74 Å². The normalized spacial score (nSPS) is 13.1. The number of hydrogen-bond donors (Lipinski definition) is 2. The Labute approximate surface area is 146 Å². The van der Waals surface area contributed by atoms with Crippen LogP contribution in [0.2, 0.25) is 0 Å². The fraction of sp³-hybridized carbons (Fsp3) is 0.333. The van der Waals surface area contributed by atoms with E-state index in [1.54, 1.807) is 18.3 Å². The zero-order valence-corrected chi connectivity index (χ0v) is 14.9. The fourth-order valence-corrected chi connectivity index (χ4v) is 3.14. The molecule has 2 atom stereocenters. The van der Waals surface area contributed by atoms with E-state index in [1.807, 2.05) is 17.5 Å². The zero-order valence-electron chi connectivity index (χ0n) is 14.0. The first-order chi connectivity index (χ1) is 11.5. The van der Waals surface area contributed by atoms with Gasteiger partial charge in [0.1, 0.15) is 0 Å². The molecule has 0 aliphatic heterocycles. The molecule has 5 nitrogen and oxygen atoms in total. The molecule has 2 N–H and O–H groups in total. The van der Waals surface area contributed by atoms with Gasteiger partial charge in [0.2, 0.25) is 5.91 Å². The first-order valence-electron chi connectivity index (χ1n) is 7.82. The number of aryl methyl sites for hydroxylation is 1. The maximum atomic E-state index is 12.1. The summed E-state index contributed by atoms with van der Waals surface area (Å²) in [7, 11) is 1.23. The highest BCUT2D eigenvalue weighted by atomic mass is 32.1. The number of thiophene rings is 1. The number of ether oxygens (including phenoxy) is 1. The Morgan fingerprint density at radius 1 is 1.21 bits per heavy atom. The van der Waals surface area contributed by atoms with E-state index in [1.165, 1.54) is 12.7 Å². The Morgan fingerprint density at radius 3 is 2.46 bits per heavy atom. The summed E-state index contributed by atoms with van der Waals surface area (Å²) in [6.07, 6.45) is 0.226. The van der Waals surface area contributed by atoms with E-state index in [0.717, 1.165) is 16.9 Å². The van der Waals surface area contributed by atoms with Gasteiger partial charge in [0.25, 0.3) is 0 Å². The lowest BCUT2D eigenvalue weighted by Gasteiger charge is -2.22. The standard InChI is InChI=1S/C18H22N2O3S/c1-4-13-7-9-14(10-8-13)16(15-6-5-11-24-15)19-12(2)17(21)20-18(22)23-3/h5-12,16,19H,4H2,1-3H3,(H,20,21,22)/t12-,16-/m1/s1. The molecule has 0 unspecified atom stereocenters. The molecule has 0 bridgehead atoms. The maximum absolute atomic E-state index is 12.1. The largest absolute Gasteiger partial charge is 0.453 e. The van der Waals surface area contributed by atoms with Crippen molar-refractivity contribution in [2.45, 2.75) is 32.4 Å². The third kappa shape index (κ3) is 4.66. The van der Waals surface area contributed by atoms with E-state index in [4.69, 9.17) is 0 Å². The van der Waals surface area contributed by atoms with Crippen LogP contribution in [0.3, 0.4) is 0 Å². The molecule has 2 amide bonds. The van der Waals surface area contributed by atoms with Gasteiger partial charge in [-0.25, -0.2) is 4.79 Å². The van der Waals surface area contributed by atoms with Crippen molar-refractivity contribution in [3.8, 4) is 0 Å². The highest BCUT2D eigenvalue weighted by Crippen LogP contribution is 2.27. The van der Waals surface area contributed by atoms with Gasteiger partial charge in [-0.15, -0.1) is 11.3 Å². The number of nitrogens with one attached hydrogen (secondary N) is 2. The molecule has 24 heavy (non-hydrogen) atoms. The van der Waals surface area contributed by atoms with Crippen molar-refractivity contribution in [1.82, 2.24) is 10.6 Å². The van der Waals surface area contributed by atoms with Crippen LogP contribution in [0.25, 0.3) is 0 Å². The Kier molecular flexibility index (Phi) is 6.52. The molecule has 0 fully saturated rings. The fourth-order valence-electron chi connectivity index (χ4n) is 2.33. The summed E-state index contributed by atoms with van der Waals surface area (Å²) < 4.78 is 4.46. The maximum Gasteiger partial charge on any atom is 0.413 e. The van der Waals surface area contributed by atoms with Crippen molar-refractivity contribution >= 4 is 23.3 Å². The highest BCUT2D eigenvalue weighted by molar-refractivity contribution is 7.10. The van der Waals surface area contributed by atoms with E-state index in [-0.39, 0.29) is 6.04 Å². The molecule has 0 aliphatic rings. The summed E-state index contributed by atoms with van der Waals surface area (Å²) in [6, 6.07) is 11.7. The molecule has 2 aromatic rings. The zero-order chi connectivity index (χ0) is 17.5. The summed E-state index contributed by atoms with van der Waals surface area (Å²) in [5, 5.41) is 7.49. The van der Waals surface area contributed by atoms with Crippen LogP contribution in [0.1, 0.15) is 35.9 Å². The van der Waals surface area contributed by atoms with E-state index in [9.17, 15) is 9.59 Å². The Balaban J connectivity index is 2.17. The third-order valence-electron chi connectivity index (χ3n) is 3.77. The second-order valence-corrected chi connectivity index (χ2v) is 6.39. The molecule has 0 radical (unpaired) electrons. The van der Waals surface area contributed by atoms with Crippen LogP contribution in [-0.4, -0.2) is 25.2 Å². The van der Waals surface area contributed by atoms with Gasteiger partial charge >= 0.3 is 6.09 Å². The first-order valence-corrected chi connectivity index (χ1v) is 8.70. The van der Waals surface area contributed by atoms with E-state index < -0.39 is 18.0 Å². The second-order valence-electron chi connectivity index (χ2n) is 5.41. The summed E-state index contributed by atoms with van der Waals surface area (Å²) in [4.78, 5) is 24.4. The number of carbonyl (C=O) groups excluding carboxylic acids is 2. The lowest BCUT2D eigenvalue weighted by atomic mass is 10.0. The molecule has 0 saturated heterocycles. The topological polar surface area (TPSA) is 67.4 Å². The van der Waals surface area contributed by atoms with Crippen LogP contribution < -0.4 is 10.6 Å². The molecule has 2 rings (SSSR count). The molecule has 0 saturated carbocycles. The number of benzene rings is 1. The first kappa shape index (κ1) is 18.2. The number of rotatable bonds is 6. The minimum atomic E-state index is -0.756. The molecule has 128 valence electrons. The predicted octanol–water partition coefficient (Wildman–Crippen LogP) is 3.26. The van der Waals surface area contributed by atoms with Crippen LogP contribution in [0.4, 0.5) is 4.79 Å². The molecule has 1 heterocycles. The average Bonchev–Trinajstić information content (AvgIpc) is 3.13. The SMILES string of the molecule is CCc1ccc([C@@H](N[C@H](C)C(=O)NC(=O)OC)c2cccs2)cc1. The highest BCUT2D eigenvalue weighted by Gasteiger charge is 2.22. The van der Waals surface area contributed by atoms with Gasteiger partial charge in [-0.2, -0.15) is 0 Å². The van der Waals surface area contributed by atoms with E-state index in [2.05, 4.69) is 46.6 Å². The smallest absolute Gasteiger partial charge is 0.413 e. The lowest BCUT2D eigenvalue weighted by Crippen LogP contribution is -2.45. The minimum absolute atomic E-state index is 0.116. The molecule has 1 aromatic carbocycles. The summed E-state index contributed by atoms with van der Waals surface area (Å²) in [6.45, 7) is 3.84. The second kappa shape index (κ2) is 8.61. The quantitative estimate of drug-likeness (QED) is 0.842. The van der Waals surface area contributed by atoms with Crippen molar-refractivity contribution in [1.29, 1.82) is 0 Å².